The lowest BCUT2D eigenvalue weighted by atomic mass is 10.0. The van der Waals surface area contributed by atoms with Crippen molar-refractivity contribution in [1.29, 1.82) is 0 Å². The SMILES string of the molecule is Cc1ccc(N)cc1C(=O)c1cc(Cl)sc1Cl. The van der Waals surface area contributed by atoms with Gasteiger partial charge in [-0.1, -0.05) is 29.3 Å². The predicted molar refractivity (Wildman–Crippen MR) is 73.4 cm³/mol. The van der Waals surface area contributed by atoms with Crippen molar-refractivity contribution in [2.45, 2.75) is 6.92 Å². The zero-order valence-corrected chi connectivity index (χ0v) is 11.3. The number of halogens is 2. The molecule has 0 bridgehead atoms. The number of thiophene rings is 1. The van der Waals surface area contributed by atoms with Gasteiger partial charge in [0, 0.05) is 11.3 Å². The molecule has 17 heavy (non-hydrogen) atoms. The van der Waals surface area contributed by atoms with Gasteiger partial charge in [0.15, 0.2) is 5.78 Å². The summed E-state index contributed by atoms with van der Waals surface area (Å²) >= 11 is 13.0. The summed E-state index contributed by atoms with van der Waals surface area (Å²) in [7, 11) is 0. The Hall–Kier alpha value is -1.03. The highest BCUT2D eigenvalue weighted by molar-refractivity contribution is 7.20. The number of hydrogen-bond acceptors (Lipinski definition) is 3. The Bertz CT molecular complexity index is 592. The number of anilines is 1. The number of hydrogen-bond donors (Lipinski definition) is 1. The van der Waals surface area contributed by atoms with Crippen LogP contribution in [0.3, 0.4) is 0 Å². The maximum absolute atomic E-state index is 12.3. The van der Waals surface area contributed by atoms with Crippen LogP contribution in [0.15, 0.2) is 24.3 Å². The number of ketones is 1. The molecular weight excluding hydrogens is 277 g/mol. The highest BCUT2D eigenvalue weighted by Crippen LogP contribution is 2.33. The molecule has 2 aromatic rings. The molecule has 0 amide bonds. The zero-order chi connectivity index (χ0) is 12.6. The molecule has 88 valence electrons. The first-order valence-corrected chi connectivity index (χ1v) is 6.42. The van der Waals surface area contributed by atoms with Gasteiger partial charge in [-0.3, -0.25) is 4.79 Å². The van der Waals surface area contributed by atoms with E-state index in [1.807, 2.05) is 13.0 Å². The summed E-state index contributed by atoms with van der Waals surface area (Å²) in [6.45, 7) is 1.86. The van der Waals surface area contributed by atoms with Crippen LogP contribution < -0.4 is 5.73 Å². The molecule has 1 aromatic heterocycles. The lowest BCUT2D eigenvalue weighted by Gasteiger charge is -2.05. The van der Waals surface area contributed by atoms with E-state index in [4.69, 9.17) is 28.9 Å². The van der Waals surface area contributed by atoms with Gasteiger partial charge in [-0.15, -0.1) is 11.3 Å². The van der Waals surface area contributed by atoms with Crippen LogP contribution in [0, 0.1) is 6.92 Å². The van der Waals surface area contributed by atoms with Gasteiger partial charge in [-0.25, -0.2) is 0 Å². The highest BCUT2D eigenvalue weighted by Gasteiger charge is 2.17. The second-order valence-corrected chi connectivity index (χ2v) is 5.93. The zero-order valence-electron chi connectivity index (χ0n) is 8.96. The standard InChI is InChI=1S/C12H9Cl2NOS/c1-6-2-3-7(15)4-8(6)11(16)9-5-10(13)17-12(9)14/h2-5H,15H2,1H3. The van der Waals surface area contributed by atoms with Crippen molar-refractivity contribution in [2.75, 3.05) is 5.73 Å². The average molecular weight is 286 g/mol. The predicted octanol–water partition coefficient (Wildman–Crippen LogP) is 4.18. The Labute approximate surface area is 113 Å². The molecule has 5 heteroatoms. The summed E-state index contributed by atoms with van der Waals surface area (Å²) in [6.07, 6.45) is 0. The van der Waals surface area contributed by atoms with Gasteiger partial charge in [-0.05, 0) is 30.7 Å². The minimum atomic E-state index is -0.150. The van der Waals surface area contributed by atoms with Gasteiger partial charge in [0.2, 0.25) is 0 Å². The Morgan fingerprint density at radius 1 is 1.24 bits per heavy atom. The van der Waals surface area contributed by atoms with Crippen molar-refractivity contribution >= 4 is 46.0 Å². The number of carbonyl (C=O) groups is 1. The average Bonchev–Trinajstić information content (AvgIpc) is 2.60. The van der Waals surface area contributed by atoms with E-state index in [0.29, 0.717) is 25.5 Å². The van der Waals surface area contributed by atoms with Crippen LogP contribution in [0.25, 0.3) is 0 Å². The summed E-state index contributed by atoms with van der Waals surface area (Å²) in [5.41, 5.74) is 8.08. The summed E-state index contributed by atoms with van der Waals surface area (Å²) < 4.78 is 0.904. The number of nitrogen functional groups attached to an aromatic ring is 1. The van der Waals surface area contributed by atoms with Crippen LogP contribution in [0.1, 0.15) is 21.5 Å². The van der Waals surface area contributed by atoms with Gasteiger partial charge in [0.05, 0.1) is 9.90 Å². The smallest absolute Gasteiger partial charge is 0.195 e. The molecule has 0 aliphatic rings. The monoisotopic (exact) mass is 285 g/mol. The van der Waals surface area contributed by atoms with Crippen LogP contribution in [0.4, 0.5) is 5.69 Å². The van der Waals surface area contributed by atoms with E-state index in [2.05, 4.69) is 0 Å². The quantitative estimate of drug-likeness (QED) is 0.665. The Balaban J connectivity index is 2.50. The summed E-state index contributed by atoms with van der Waals surface area (Å²) in [6, 6.07) is 6.80. The molecule has 0 radical (unpaired) electrons. The number of carbonyl (C=O) groups excluding carboxylic acids is 1. The maximum Gasteiger partial charge on any atom is 0.195 e. The van der Waals surface area contributed by atoms with E-state index in [1.54, 1.807) is 18.2 Å². The summed E-state index contributed by atoms with van der Waals surface area (Å²) in [4.78, 5) is 12.3. The molecule has 0 atom stereocenters. The van der Waals surface area contributed by atoms with Crippen LogP contribution in [-0.4, -0.2) is 5.78 Å². The van der Waals surface area contributed by atoms with Crippen molar-refractivity contribution in [3.05, 3.63) is 49.6 Å². The topological polar surface area (TPSA) is 43.1 Å². The molecule has 0 saturated carbocycles. The number of benzene rings is 1. The first-order valence-electron chi connectivity index (χ1n) is 4.84. The minimum absolute atomic E-state index is 0.150. The third-order valence-electron chi connectivity index (χ3n) is 2.41. The van der Waals surface area contributed by atoms with E-state index in [-0.39, 0.29) is 5.78 Å². The second kappa shape index (κ2) is 4.69. The van der Waals surface area contributed by atoms with E-state index in [1.165, 1.54) is 11.3 Å². The van der Waals surface area contributed by atoms with Gasteiger partial charge in [-0.2, -0.15) is 0 Å². The van der Waals surface area contributed by atoms with Gasteiger partial charge < -0.3 is 5.73 Å². The van der Waals surface area contributed by atoms with E-state index in [9.17, 15) is 4.79 Å². The van der Waals surface area contributed by atoms with E-state index in [0.717, 1.165) is 5.56 Å². The van der Waals surface area contributed by atoms with Gasteiger partial charge >= 0.3 is 0 Å². The third-order valence-corrected chi connectivity index (χ3v) is 3.90. The molecule has 0 spiro atoms. The Morgan fingerprint density at radius 3 is 2.53 bits per heavy atom. The normalized spacial score (nSPS) is 10.5. The van der Waals surface area contributed by atoms with Crippen molar-refractivity contribution < 1.29 is 4.79 Å². The van der Waals surface area contributed by atoms with Crippen LogP contribution >= 0.6 is 34.5 Å². The fraction of sp³-hybridized carbons (Fsp3) is 0.0833. The highest BCUT2D eigenvalue weighted by atomic mass is 35.5. The van der Waals surface area contributed by atoms with Crippen LogP contribution in [0.5, 0.6) is 0 Å². The third kappa shape index (κ3) is 2.46. The molecule has 0 aliphatic heterocycles. The lowest BCUT2D eigenvalue weighted by molar-refractivity contribution is 0.103. The van der Waals surface area contributed by atoms with E-state index < -0.39 is 0 Å². The summed E-state index contributed by atoms with van der Waals surface area (Å²) in [5.74, 6) is -0.150. The second-order valence-electron chi connectivity index (χ2n) is 3.64. The van der Waals surface area contributed by atoms with E-state index >= 15 is 0 Å². The fourth-order valence-corrected chi connectivity index (χ4v) is 2.98. The molecule has 1 aromatic carbocycles. The molecule has 2 rings (SSSR count). The molecule has 0 fully saturated rings. The van der Waals surface area contributed by atoms with Crippen molar-refractivity contribution in [3.63, 3.8) is 0 Å². The summed E-state index contributed by atoms with van der Waals surface area (Å²) in [5, 5.41) is 0. The van der Waals surface area contributed by atoms with Crippen molar-refractivity contribution in [3.8, 4) is 0 Å². The van der Waals surface area contributed by atoms with Crippen LogP contribution in [-0.2, 0) is 0 Å². The van der Waals surface area contributed by atoms with Crippen LogP contribution in [0.2, 0.25) is 8.67 Å². The molecule has 0 aliphatic carbocycles. The van der Waals surface area contributed by atoms with Crippen molar-refractivity contribution in [2.24, 2.45) is 0 Å². The first-order chi connectivity index (χ1) is 7.99. The Morgan fingerprint density at radius 2 is 1.94 bits per heavy atom. The maximum atomic E-state index is 12.3. The first kappa shape index (κ1) is 12.4. The molecule has 0 saturated heterocycles. The molecule has 0 unspecified atom stereocenters. The lowest BCUT2D eigenvalue weighted by Crippen LogP contribution is -2.04. The molecule has 2 N–H and O–H groups in total. The van der Waals surface area contributed by atoms with Crippen molar-refractivity contribution in [1.82, 2.24) is 0 Å². The largest absolute Gasteiger partial charge is 0.399 e. The van der Waals surface area contributed by atoms with Gasteiger partial charge in [0.25, 0.3) is 0 Å². The number of aryl methyl sites for hydroxylation is 1. The van der Waals surface area contributed by atoms with Gasteiger partial charge in [0.1, 0.15) is 4.34 Å². The Kier molecular flexibility index (Phi) is 3.43. The molecule has 1 heterocycles. The fourth-order valence-electron chi connectivity index (χ4n) is 1.52. The number of rotatable bonds is 2. The minimum Gasteiger partial charge on any atom is -0.399 e. The molecule has 2 nitrogen and oxygen atoms in total. The number of nitrogens with two attached hydrogens (primary N) is 1. The molecular formula is C12H9Cl2NOS.